The first-order valence-corrected chi connectivity index (χ1v) is 8.87. The summed E-state index contributed by atoms with van der Waals surface area (Å²) in [4.78, 5) is 14.5. The highest BCUT2D eigenvalue weighted by Gasteiger charge is 2.17. The lowest BCUT2D eigenvalue weighted by molar-refractivity contribution is 0.201. The number of nitrogens with zero attached hydrogens (tertiary/aromatic N) is 1. The van der Waals surface area contributed by atoms with Crippen LogP contribution in [0.3, 0.4) is 0 Å². The molecule has 2 amide bonds. The van der Waals surface area contributed by atoms with E-state index >= 15 is 0 Å². The maximum absolute atomic E-state index is 12.8. The third-order valence-electron chi connectivity index (χ3n) is 3.82. The van der Waals surface area contributed by atoms with Crippen LogP contribution in [0.4, 0.5) is 10.5 Å². The number of halogens is 2. The Morgan fingerprint density at radius 2 is 1.81 bits per heavy atom. The van der Waals surface area contributed by atoms with Crippen LogP contribution in [0.25, 0.3) is 0 Å². The standard InChI is InChI=1S/C20H18Cl2N2O2/c1-14-7-9-17(26-14)13-24(12-15-5-3-2-4-6-15)20(25)23-19-10-8-16(21)11-18(19)22/h2-11H,12-13H2,1H3,(H,23,25). The van der Waals surface area contributed by atoms with E-state index in [1.54, 1.807) is 23.1 Å². The van der Waals surface area contributed by atoms with Crippen molar-refractivity contribution in [2.45, 2.75) is 20.0 Å². The van der Waals surface area contributed by atoms with Crippen LogP contribution in [0.2, 0.25) is 10.0 Å². The number of rotatable bonds is 5. The topological polar surface area (TPSA) is 45.5 Å². The Hall–Kier alpha value is -2.43. The predicted molar refractivity (Wildman–Crippen MR) is 105 cm³/mol. The number of hydrogen-bond donors (Lipinski definition) is 1. The number of carbonyl (C=O) groups excluding carboxylic acids is 1. The molecule has 0 unspecified atom stereocenters. The zero-order chi connectivity index (χ0) is 18.5. The monoisotopic (exact) mass is 388 g/mol. The Morgan fingerprint density at radius 3 is 2.46 bits per heavy atom. The molecule has 0 aliphatic heterocycles. The maximum atomic E-state index is 12.8. The minimum atomic E-state index is -0.271. The lowest BCUT2D eigenvalue weighted by Crippen LogP contribution is -2.34. The van der Waals surface area contributed by atoms with E-state index in [1.807, 2.05) is 49.4 Å². The number of amides is 2. The second-order valence-electron chi connectivity index (χ2n) is 5.91. The van der Waals surface area contributed by atoms with E-state index in [4.69, 9.17) is 27.6 Å². The molecule has 2 aromatic carbocycles. The number of nitrogens with one attached hydrogen (secondary N) is 1. The summed E-state index contributed by atoms with van der Waals surface area (Å²) in [6.07, 6.45) is 0. The number of hydrogen-bond acceptors (Lipinski definition) is 2. The van der Waals surface area contributed by atoms with Crippen LogP contribution in [0.1, 0.15) is 17.1 Å². The predicted octanol–water partition coefficient (Wildman–Crippen LogP) is 6.13. The van der Waals surface area contributed by atoms with Crippen LogP contribution >= 0.6 is 23.2 Å². The van der Waals surface area contributed by atoms with Gasteiger partial charge in [-0.1, -0.05) is 53.5 Å². The molecule has 0 atom stereocenters. The van der Waals surface area contributed by atoms with Crippen molar-refractivity contribution in [3.05, 3.63) is 87.8 Å². The highest BCUT2D eigenvalue weighted by molar-refractivity contribution is 6.36. The van der Waals surface area contributed by atoms with Gasteiger partial charge in [-0.25, -0.2) is 4.79 Å². The zero-order valence-corrected chi connectivity index (χ0v) is 15.7. The molecule has 0 radical (unpaired) electrons. The van der Waals surface area contributed by atoms with Gasteiger partial charge >= 0.3 is 6.03 Å². The zero-order valence-electron chi connectivity index (χ0n) is 14.2. The van der Waals surface area contributed by atoms with E-state index in [1.165, 1.54) is 0 Å². The van der Waals surface area contributed by atoms with Gasteiger partial charge in [0.15, 0.2) is 0 Å². The lowest BCUT2D eigenvalue weighted by Gasteiger charge is -2.22. The molecule has 1 N–H and O–H groups in total. The molecule has 1 heterocycles. The SMILES string of the molecule is Cc1ccc(CN(Cc2ccccc2)C(=O)Nc2ccc(Cl)cc2Cl)o1. The average Bonchev–Trinajstić information content (AvgIpc) is 3.02. The number of urea groups is 1. The van der Waals surface area contributed by atoms with Crippen molar-refractivity contribution in [3.8, 4) is 0 Å². The largest absolute Gasteiger partial charge is 0.464 e. The fourth-order valence-electron chi connectivity index (χ4n) is 2.55. The van der Waals surface area contributed by atoms with Gasteiger partial charge in [0.05, 0.1) is 17.3 Å². The van der Waals surface area contributed by atoms with Gasteiger partial charge in [0.2, 0.25) is 0 Å². The van der Waals surface area contributed by atoms with E-state index in [-0.39, 0.29) is 6.03 Å². The molecule has 1 aromatic heterocycles. The van der Waals surface area contributed by atoms with Gasteiger partial charge in [-0.05, 0) is 42.8 Å². The number of furan rings is 1. The Morgan fingerprint density at radius 1 is 1.04 bits per heavy atom. The fourth-order valence-corrected chi connectivity index (χ4v) is 3.00. The second kappa shape index (κ2) is 8.30. The number of carbonyl (C=O) groups is 1. The third kappa shape index (κ3) is 4.81. The van der Waals surface area contributed by atoms with Crippen molar-refractivity contribution < 1.29 is 9.21 Å². The molecule has 0 spiro atoms. The van der Waals surface area contributed by atoms with E-state index in [0.29, 0.717) is 28.8 Å². The molecular weight excluding hydrogens is 371 g/mol. The molecule has 0 saturated heterocycles. The molecule has 0 saturated carbocycles. The maximum Gasteiger partial charge on any atom is 0.322 e. The van der Waals surface area contributed by atoms with Crippen LogP contribution in [0.15, 0.2) is 65.1 Å². The van der Waals surface area contributed by atoms with Crippen molar-refractivity contribution in [1.29, 1.82) is 0 Å². The molecule has 3 aromatic rings. The summed E-state index contributed by atoms with van der Waals surface area (Å²) >= 11 is 12.1. The van der Waals surface area contributed by atoms with Gasteiger partial charge in [-0.3, -0.25) is 0 Å². The summed E-state index contributed by atoms with van der Waals surface area (Å²) in [6.45, 7) is 2.66. The number of benzene rings is 2. The summed E-state index contributed by atoms with van der Waals surface area (Å²) in [5, 5.41) is 3.74. The van der Waals surface area contributed by atoms with Crippen molar-refractivity contribution in [1.82, 2.24) is 4.90 Å². The van der Waals surface area contributed by atoms with Gasteiger partial charge in [0.1, 0.15) is 11.5 Å². The van der Waals surface area contributed by atoms with Crippen LogP contribution in [-0.4, -0.2) is 10.9 Å². The van der Waals surface area contributed by atoms with Crippen LogP contribution in [0, 0.1) is 6.92 Å². The van der Waals surface area contributed by atoms with E-state index in [9.17, 15) is 4.79 Å². The Kier molecular flexibility index (Phi) is 5.86. The Labute approximate surface area is 162 Å². The fraction of sp³-hybridized carbons (Fsp3) is 0.150. The van der Waals surface area contributed by atoms with Crippen LogP contribution < -0.4 is 5.32 Å². The summed E-state index contributed by atoms with van der Waals surface area (Å²) in [5.41, 5.74) is 1.53. The normalized spacial score (nSPS) is 10.6. The molecule has 0 bridgehead atoms. The molecule has 3 rings (SSSR count). The van der Waals surface area contributed by atoms with Gasteiger partial charge in [-0.2, -0.15) is 0 Å². The Balaban J connectivity index is 1.79. The molecule has 0 fully saturated rings. The van der Waals surface area contributed by atoms with Gasteiger partial charge in [-0.15, -0.1) is 0 Å². The minimum Gasteiger partial charge on any atom is -0.464 e. The van der Waals surface area contributed by atoms with Gasteiger partial charge in [0.25, 0.3) is 0 Å². The first kappa shape index (κ1) is 18.4. The highest BCUT2D eigenvalue weighted by Crippen LogP contribution is 2.26. The first-order valence-electron chi connectivity index (χ1n) is 8.11. The summed E-state index contributed by atoms with van der Waals surface area (Å²) in [5.74, 6) is 1.52. The van der Waals surface area contributed by atoms with Crippen molar-refractivity contribution in [2.75, 3.05) is 5.32 Å². The molecule has 0 aliphatic rings. The smallest absolute Gasteiger partial charge is 0.322 e. The van der Waals surface area contributed by atoms with Crippen molar-refractivity contribution >= 4 is 34.9 Å². The number of anilines is 1. The van der Waals surface area contributed by atoms with Crippen LogP contribution in [-0.2, 0) is 13.1 Å². The van der Waals surface area contributed by atoms with Crippen molar-refractivity contribution in [2.24, 2.45) is 0 Å². The van der Waals surface area contributed by atoms with Gasteiger partial charge < -0.3 is 14.6 Å². The van der Waals surface area contributed by atoms with E-state index < -0.39 is 0 Å². The molecule has 134 valence electrons. The summed E-state index contributed by atoms with van der Waals surface area (Å²) < 4.78 is 5.63. The second-order valence-corrected chi connectivity index (χ2v) is 6.75. The Bertz CT molecular complexity index is 894. The van der Waals surface area contributed by atoms with E-state index in [2.05, 4.69) is 5.32 Å². The quantitative estimate of drug-likeness (QED) is 0.571. The lowest BCUT2D eigenvalue weighted by atomic mass is 10.2. The highest BCUT2D eigenvalue weighted by atomic mass is 35.5. The summed E-state index contributed by atoms with van der Waals surface area (Å²) in [7, 11) is 0. The molecule has 0 aliphatic carbocycles. The minimum absolute atomic E-state index is 0.271. The first-order chi connectivity index (χ1) is 12.5. The average molecular weight is 389 g/mol. The third-order valence-corrected chi connectivity index (χ3v) is 4.37. The molecule has 26 heavy (non-hydrogen) atoms. The van der Waals surface area contributed by atoms with Gasteiger partial charge in [0, 0.05) is 11.6 Å². The summed E-state index contributed by atoms with van der Waals surface area (Å²) in [6, 6.07) is 18.2. The van der Waals surface area contributed by atoms with Crippen LogP contribution in [0.5, 0.6) is 0 Å². The molecule has 4 nitrogen and oxygen atoms in total. The molecule has 6 heteroatoms. The van der Waals surface area contributed by atoms with E-state index in [0.717, 1.165) is 17.1 Å². The number of aryl methyl sites for hydroxylation is 1. The van der Waals surface area contributed by atoms with Crippen molar-refractivity contribution in [3.63, 3.8) is 0 Å². The molecular formula is C20H18Cl2N2O2.